The third kappa shape index (κ3) is 2.21. The van der Waals surface area contributed by atoms with E-state index in [0.29, 0.717) is 0 Å². The largest absolute Gasteiger partial charge is 0.394 e. The van der Waals surface area contributed by atoms with Gasteiger partial charge in [-0.2, -0.15) is 0 Å². The molecule has 0 radical (unpaired) electrons. The molecule has 13 heavy (non-hydrogen) atoms. The van der Waals surface area contributed by atoms with Gasteiger partial charge in [0.05, 0.1) is 12.6 Å². The molecular weight excluding hydrogens is 186 g/mol. The zero-order chi connectivity index (χ0) is 9.84. The Kier molecular flexibility index (Phi) is 3.72. The van der Waals surface area contributed by atoms with Gasteiger partial charge in [0.1, 0.15) is 0 Å². The molecule has 0 aliphatic rings. The van der Waals surface area contributed by atoms with Crippen molar-refractivity contribution in [2.75, 3.05) is 13.7 Å². The van der Waals surface area contributed by atoms with E-state index < -0.39 is 0 Å². The number of aliphatic hydroxyl groups is 1. The van der Waals surface area contributed by atoms with Crippen LogP contribution in [0.15, 0.2) is 18.2 Å². The maximum atomic E-state index is 9.07. The molecule has 2 nitrogen and oxygen atoms in total. The monoisotopic (exact) mass is 199 g/mol. The number of likely N-dealkylation sites (N-methyl/N-ethyl adjacent to an activating group) is 1. The molecule has 1 rings (SSSR count). The summed E-state index contributed by atoms with van der Waals surface area (Å²) in [5, 5.41) is 12.8. The number of nitrogens with one attached hydrogen (secondary N) is 1. The summed E-state index contributed by atoms with van der Waals surface area (Å²) in [5.74, 6) is 0. The Hall–Kier alpha value is -0.570. The zero-order valence-corrected chi connectivity index (χ0v) is 8.60. The van der Waals surface area contributed by atoms with Crippen LogP contribution in [0.1, 0.15) is 17.2 Å². The zero-order valence-electron chi connectivity index (χ0n) is 7.84. The molecule has 0 bridgehead atoms. The number of hydrogen-bond donors (Lipinski definition) is 2. The minimum absolute atomic E-state index is 0.0552. The van der Waals surface area contributed by atoms with E-state index in [2.05, 4.69) is 5.32 Å². The molecule has 0 fully saturated rings. The fourth-order valence-corrected chi connectivity index (χ4v) is 1.54. The fraction of sp³-hybridized carbons (Fsp3) is 0.400. The van der Waals surface area contributed by atoms with Gasteiger partial charge < -0.3 is 10.4 Å². The third-order valence-corrected chi connectivity index (χ3v) is 2.64. The Morgan fingerprint density at radius 1 is 1.54 bits per heavy atom. The van der Waals surface area contributed by atoms with Gasteiger partial charge in [-0.1, -0.05) is 29.8 Å². The van der Waals surface area contributed by atoms with Gasteiger partial charge >= 0.3 is 0 Å². The summed E-state index contributed by atoms with van der Waals surface area (Å²) in [6, 6.07) is 5.74. The van der Waals surface area contributed by atoms with Crippen LogP contribution >= 0.6 is 11.6 Å². The summed E-state index contributed by atoms with van der Waals surface area (Å²) in [4.78, 5) is 0. The average Bonchev–Trinajstić information content (AvgIpc) is 2.14. The first-order valence-corrected chi connectivity index (χ1v) is 4.61. The molecule has 2 N–H and O–H groups in total. The van der Waals surface area contributed by atoms with Crippen LogP contribution in [-0.4, -0.2) is 18.8 Å². The molecule has 1 atom stereocenters. The van der Waals surface area contributed by atoms with Crippen LogP contribution in [-0.2, 0) is 0 Å². The van der Waals surface area contributed by atoms with Crippen LogP contribution in [0.4, 0.5) is 0 Å². The normalized spacial score (nSPS) is 12.9. The highest BCUT2D eigenvalue weighted by molar-refractivity contribution is 6.32. The van der Waals surface area contributed by atoms with Gasteiger partial charge in [0.25, 0.3) is 0 Å². The lowest BCUT2D eigenvalue weighted by Crippen LogP contribution is -2.20. The molecule has 0 amide bonds. The minimum Gasteiger partial charge on any atom is -0.394 e. The van der Waals surface area contributed by atoms with E-state index in [-0.39, 0.29) is 12.6 Å². The van der Waals surface area contributed by atoms with E-state index in [4.69, 9.17) is 16.7 Å². The molecule has 0 unspecified atom stereocenters. The van der Waals surface area contributed by atoms with Crippen LogP contribution in [0.25, 0.3) is 0 Å². The standard InChI is InChI=1S/C10H14ClNO/c1-7-4-3-5-8(10(7)11)9(6-13)12-2/h3-5,9,12-13H,6H2,1-2H3/t9-/m1/s1. The molecule has 0 heterocycles. The number of halogens is 1. The maximum absolute atomic E-state index is 9.07. The van der Waals surface area contributed by atoms with Gasteiger partial charge in [-0.15, -0.1) is 0 Å². The SMILES string of the molecule is CN[C@H](CO)c1cccc(C)c1Cl. The highest BCUT2D eigenvalue weighted by atomic mass is 35.5. The van der Waals surface area contributed by atoms with Crippen LogP contribution in [0.3, 0.4) is 0 Å². The van der Waals surface area contributed by atoms with E-state index in [0.717, 1.165) is 16.1 Å². The molecular formula is C10H14ClNO. The molecule has 0 aliphatic carbocycles. The Labute approximate surface area is 83.5 Å². The number of benzene rings is 1. The molecule has 1 aromatic rings. The Morgan fingerprint density at radius 2 is 2.23 bits per heavy atom. The van der Waals surface area contributed by atoms with E-state index in [9.17, 15) is 0 Å². The van der Waals surface area contributed by atoms with E-state index in [1.807, 2.05) is 25.1 Å². The summed E-state index contributed by atoms with van der Waals surface area (Å²) < 4.78 is 0. The first kappa shape index (κ1) is 10.5. The van der Waals surface area contributed by atoms with Crippen LogP contribution < -0.4 is 5.32 Å². The summed E-state index contributed by atoms with van der Waals surface area (Å²) in [5.41, 5.74) is 1.99. The second-order valence-corrected chi connectivity index (χ2v) is 3.38. The van der Waals surface area contributed by atoms with Crippen LogP contribution in [0.5, 0.6) is 0 Å². The molecule has 72 valence electrons. The Bertz CT molecular complexity index is 284. The molecule has 0 spiro atoms. The van der Waals surface area contributed by atoms with Crippen molar-refractivity contribution < 1.29 is 5.11 Å². The molecule has 3 heteroatoms. The first-order chi connectivity index (χ1) is 6.20. The van der Waals surface area contributed by atoms with Crippen LogP contribution in [0, 0.1) is 6.92 Å². The lowest BCUT2D eigenvalue weighted by atomic mass is 10.1. The van der Waals surface area contributed by atoms with Gasteiger partial charge in [0.2, 0.25) is 0 Å². The number of rotatable bonds is 3. The van der Waals surface area contributed by atoms with Gasteiger partial charge in [0.15, 0.2) is 0 Å². The quantitative estimate of drug-likeness (QED) is 0.780. The van der Waals surface area contributed by atoms with Crippen molar-refractivity contribution in [2.45, 2.75) is 13.0 Å². The average molecular weight is 200 g/mol. The summed E-state index contributed by atoms with van der Waals surface area (Å²) >= 11 is 6.09. The van der Waals surface area contributed by atoms with Crippen molar-refractivity contribution in [2.24, 2.45) is 0 Å². The first-order valence-electron chi connectivity index (χ1n) is 4.23. The van der Waals surface area contributed by atoms with Crippen molar-refractivity contribution in [1.82, 2.24) is 5.32 Å². The summed E-state index contributed by atoms with van der Waals surface area (Å²) in [6.45, 7) is 2.01. The molecule has 0 saturated heterocycles. The number of hydrogen-bond acceptors (Lipinski definition) is 2. The Balaban J connectivity index is 3.05. The number of aryl methyl sites for hydroxylation is 1. The van der Waals surface area contributed by atoms with E-state index in [1.54, 1.807) is 7.05 Å². The topological polar surface area (TPSA) is 32.3 Å². The van der Waals surface area contributed by atoms with Crippen molar-refractivity contribution >= 4 is 11.6 Å². The smallest absolute Gasteiger partial charge is 0.0626 e. The van der Waals surface area contributed by atoms with E-state index in [1.165, 1.54) is 0 Å². The third-order valence-electron chi connectivity index (χ3n) is 2.13. The molecule has 0 aromatic heterocycles. The highest BCUT2D eigenvalue weighted by Gasteiger charge is 2.11. The van der Waals surface area contributed by atoms with Gasteiger partial charge in [-0.3, -0.25) is 0 Å². The lowest BCUT2D eigenvalue weighted by Gasteiger charge is -2.15. The lowest BCUT2D eigenvalue weighted by molar-refractivity contribution is 0.251. The predicted octanol–water partition coefficient (Wildman–Crippen LogP) is 1.90. The minimum atomic E-state index is -0.0765. The second-order valence-electron chi connectivity index (χ2n) is 3.00. The van der Waals surface area contributed by atoms with Crippen molar-refractivity contribution in [3.05, 3.63) is 34.3 Å². The van der Waals surface area contributed by atoms with Gasteiger partial charge in [0, 0.05) is 5.02 Å². The predicted molar refractivity (Wildman–Crippen MR) is 55.1 cm³/mol. The van der Waals surface area contributed by atoms with E-state index >= 15 is 0 Å². The Morgan fingerprint density at radius 3 is 2.77 bits per heavy atom. The van der Waals surface area contributed by atoms with Crippen LogP contribution in [0.2, 0.25) is 5.02 Å². The molecule has 0 saturated carbocycles. The maximum Gasteiger partial charge on any atom is 0.0626 e. The van der Waals surface area contributed by atoms with Gasteiger partial charge in [-0.05, 0) is 25.1 Å². The van der Waals surface area contributed by atoms with Crippen molar-refractivity contribution in [3.63, 3.8) is 0 Å². The van der Waals surface area contributed by atoms with Crippen molar-refractivity contribution in [3.8, 4) is 0 Å². The summed E-state index contributed by atoms with van der Waals surface area (Å²) in [6.07, 6.45) is 0. The highest BCUT2D eigenvalue weighted by Crippen LogP contribution is 2.25. The van der Waals surface area contributed by atoms with Gasteiger partial charge in [-0.25, -0.2) is 0 Å². The summed E-state index contributed by atoms with van der Waals surface area (Å²) in [7, 11) is 1.81. The second kappa shape index (κ2) is 4.61. The fourth-order valence-electron chi connectivity index (χ4n) is 1.28. The number of aliphatic hydroxyl groups excluding tert-OH is 1. The molecule has 1 aromatic carbocycles. The molecule has 0 aliphatic heterocycles. The van der Waals surface area contributed by atoms with Crippen molar-refractivity contribution in [1.29, 1.82) is 0 Å².